The minimum absolute atomic E-state index is 0.0163. The molecular weight excluding hydrogens is 323 g/mol. The smallest absolute Gasteiger partial charge is 0.298 e. The molecular formula is C16H14F3N3O2. The Morgan fingerprint density at radius 2 is 1.79 bits per heavy atom. The number of amides is 1. The van der Waals surface area contributed by atoms with E-state index in [0.29, 0.717) is 11.1 Å². The standard InChI is InChI=1S/C16H14F3N3O2/c1-10(23)12-4-2-11(3-5-12)8-15(24)22-21-13-6-7-20-14(9-13)16(17,18)19/h2-7,9H,8H2,1H3,(H,20,21)(H,22,24). The molecule has 0 aliphatic carbocycles. The monoisotopic (exact) mass is 337 g/mol. The number of hydrogen-bond donors (Lipinski definition) is 2. The number of carbonyl (C=O) groups excluding carboxylic acids is 2. The molecule has 5 nitrogen and oxygen atoms in total. The second kappa shape index (κ2) is 7.12. The summed E-state index contributed by atoms with van der Waals surface area (Å²) in [7, 11) is 0. The minimum atomic E-state index is -4.56. The summed E-state index contributed by atoms with van der Waals surface area (Å²) in [5.74, 6) is -0.512. The predicted molar refractivity (Wildman–Crippen MR) is 81.2 cm³/mol. The number of alkyl halides is 3. The summed E-state index contributed by atoms with van der Waals surface area (Å²) in [6.45, 7) is 1.44. The van der Waals surface area contributed by atoms with Crippen molar-refractivity contribution in [2.24, 2.45) is 0 Å². The van der Waals surface area contributed by atoms with Crippen molar-refractivity contribution in [1.29, 1.82) is 0 Å². The second-order valence-electron chi connectivity index (χ2n) is 5.03. The molecule has 8 heteroatoms. The maximum absolute atomic E-state index is 12.5. The molecule has 126 valence electrons. The molecule has 2 aromatic rings. The lowest BCUT2D eigenvalue weighted by atomic mass is 10.1. The van der Waals surface area contributed by atoms with Gasteiger partial charge in [0, 0.05) is 11.8 Å². The summed E-state index contributed by atoms with van der Waals surface area (Å²) >= 11 is 0. The van der Waals surface area contributed by atoms with Crippen LogP contribution >= 0.6 is 0 Å². The first-order valence-electron chi connectivity index (χ1n) is 6.93. The van der Waals surface area contributed by atoms with E-state index in [-0.39, 0.29) is 17.9 Å². The van der Waals surface area contributed by atoms with Gasteiger partial charge in [-0.25, -0.2) is 0 Å². The fourth-order valence-corrected chi connectivity index (χ4v) is 1.89. The summed E-state index contributed by atoms with van der Waals surface area (Å²) in [6.07, 6.45) is -3.54. The number of rotatable bonds is 5. The average molecular weight is 337 g/mol. The number of nitrogens with zero attached hydrogens (tertiary/aromatic N) is 1. The lowest BCUT2D eigenvalue weighted by Crippen LogP contribution is -2.30. The highest BCUT2D eigenvalue weighted by molar-refractivity contribution is 5.94. The fraction of sp³-hybridized carbons (Fsp3) is 0.188. The van der Waals surface area contributed by atoms with Crippen LogP contribution in [0.4, 0.5) is 18.9 Å². The van der Waals surface area contributed by atoms with Crippen LogP contribution in [0.3, 0.4) is 0 Å². The quantitative estimate of drug-likeness (QED) is 0.650. The molecule has 0 fully saturated rings. The van der Waals surface area contributed by atoms with Gasteiger partial charge in [-0.1, -0.05) is 24.3 Å². The van der Waals surface area contributed by atoms with Crippen LogP contribution in [0.5, 0.6) is 0 Å². The highest BCUT2D eigenvalue weighted by atomic mass is 19.4. The van der Waals surface area contributed by atoms with E-state index in [1.165, 1.54) is 13.0 Å². The largest absolute Gasteiger partial charge is 0.433 e. The Morgan fingerprint density at radius 1 is 1.12 bits per heavy atom. The van der Waals surface area contributed by atoms with E-state index in [1.807, 2.05) is 0 Å². The summed E-state index contributed by atoms with van der Waals surface area (Å²) in [5, 5.41) is 0. The first kappa shape index (κ1) is 17.5. The van der Waals surface area contributed by atoms with E-state index in [0.717, 1.165) is 12.3 Å². The molecule has 1 amide bonds. The van der Waals surface area contributed by atoms with Crippen LogP contribution in [0.25, 0.3) is 0 Å². The molecule has 0 unspecified atom stereocenters. The number of pyridine rings is 1. The number of halogens is 3. The zero-order valence-electron chi connectivity index (χ0n) is 12.6. The van der Waals surface area contributed by atoms with Crippen molar-refractivity contribution in [1.82, 2.24) is 10.4 Å². The first-order valence-corrected chi connectivity index (χ1v) is 6.93. The number of hydrogen-bond acceptors (Lipinski definition) is 4. The molecule has 0 atom stereocenters. The third-order valence-corrected chi connectivity index (χ3v) is 3.12. The highest BCUT2D eigenvalue weighted by Crippen LogP contribution is 2.28. The van der Waals surface area contributed by atoms with E-state index >= 15 is 0 Å². The molecule has 0 radical (unpaired) electrons. The van der Waals surface area contributed by atoms with Gasteiger partial charge in [-0.15, -0.1) is 0 Å². The third kappa shape index (κ3) is 4.80. The second-order valence-corrected chi connectivity index (χ2v) is 5.03. The minimum Gasteiger partial charge on any atom is -0.298 e. The lowest BCUT2D eigenvalue weighted by molar-refractivity contribution is -0.141. The Hall–Kier alpha value is -2.90. The van der Waals surface area contributed by atoms with Gasteiger partial charge in [0.1, 0.15) is 5.69 Å². The van der Waals surface area contributed by atoms with Gasteiger partial charge in [-0.2, -0.15) is 13.2 Å². The molecule has 1 aromatic heterocycles. The lowest BCUT2D eigenvalue weighted by Gasteiger charge is -2.11. The topological polar surface area (TPSA) is 71.1 Å². The molecule has 0 saturated heterocycles. The molecule has 1 aromatic carbocycles. The summed E-state index contributed by atoms with van der Waals surface area (Å²) < 4.78 is 37.6. The number of ketones is 1. The molecule has 2 rings (SSSR count). The van der Waals surface area contributed by atoms with Crippen molar-refractivity contribution in [2.45, 2.75) is 19.5 Å². The van der Waals surface area contributed by atoms with Crippen LogP contribution in [0.15, 0.2) is 42.6 Å². The average Bonchev–Trinajstić information content (AvgIpc) is 2.53. The van der Waals surface area contributed by atoms with Crippen LogP contribution in [-0.2, 0) is 17.4 Å². The van der Waals surface area contributed by atoms with Crippen LogP contribution < -0.4 is 10.9 Å². The van der Waals surface area contributed by atoms with Gasteiger partial charge in [0.05, 0.1) is 12.1 Å². The number of nitrogens with one attached hydrogen (secondary N) is 2. The Kier molecular flexibility index (Phi) is 5.18. The predicted octanol–water partition coefficient (Wildman–Crippen LogP) is 2.99. The number of benzene rings is 1. The van der Waals surface area contributed by atoms with Gasteiger partial charge >= 0.3 is 6.18 Å². The Labute approximate surface area is 135 Å². The van der Waals surface area contributed by atoms with Gasteiger partial charge in [-0.05, 0) is 24.6 Å². The van der Waals surface area contributed by atoms with Crippen molar-refractivity contribution < 1.29 is 22.8 Å². The summed E-state index contributed by atoms with van der Waals surface area (Å²) in [6, 6.07) is 8.60. The molecule has 2 N–H and O–H groups in total. The van der Waals surface area contributed by atoms with Gasteiger partial charge in [0.2, 0.25) is 5.91 Å². The highest BCUT2D eigenvalue weighted by Gasteiger charge is 2.32. The summed E-state index contributed by atoms with van der Waals surface area (Å²) in [4.78, 5) is 26.2. The maximum atomic E-state index is 12.5. The number of Topliss-reactive ketones (excluding diaryl/α,β-unsaturated/α-hetero) is 1. The van der Waals surface area contributed by atoms with Crippen LogP contribution in [0, 0.1) is 0 Å². The third-order valence-electron chi connectivity index (χ3n) is 3.12. The van der Waals surface area contributed by atoms with E-state index < -0.39 is 17.8 Å². The van der Waals surface area contributed by atoms with Crippen molar-refractivity contribution in [3.8, 4) is 0 Å². The molecule has 0 bridgehead atoms. The maximum Gasteiger partial charge on any atom is 0.433 e. The SMILES string of the molecule is CC(=O)c1ccc(CC(=O)NNc2ccnc(C(F)(F)F)c2)cc1. The fourth-order valence-electron chi connectivity index (χ4n) is 1.89. The van der Waals surface area contributed by atoms with Crippen LogP contribution in [0.2, 0.25) is 0 Å². The number of carbonyl (C=O) groups is 2. The van der Waals surface area contributed by atoms with Crippen molar-refractivity contribution >= 4 is 17.4 Å². The van der Waals surface area contributed by atoms with Crippen molar-refractivity contribution in [3.05, 3.63) is 59.4 Å². The first-order chi connectivity index (χ1) is 11.3. The van der Waals surface area contributed by atoms with Crippen LogP contribution in [0.1, 0.15) is 28.5 Å². The number of aromatic nitrogens is 1. The van der Waals surface area contributed by atoms with Crippen molar-refractivity contribution in [2.75, 3.05) is 5.43 Å². The molecule has 0 aliphatic rings. The zero-order valence-corrected chi connectivity index (χ0v) is 12.6. The summed E-state index contributed by atoms with van der Waals surface area (Å²) in [5.41, 5.74) is 4.95. The van der Waals surface area contributed by atoms with E-state index in [1.54, 1.807) is 24.3 Å². The molecule has 0 aliphatic heterocycles. The van der Waals surface area contributed by atoms with E-state index in [9.17, 15) is 22.8 Å². The van der Waals surface area contributed by atoms with Gasteiger partial charge in [0.15, 0.2) is 5.78 Å². The van der Waals surface area contributed by atoms with Crippen molar-refractivity contribution in [3.63, 3.8) is 0 Å². The Balaban J connectivity index is 1.92. The molecule has 0 saturated carbocycles. The Bertz CT molecular complexity index is 743. The van der Waals surface area contributed by atoms with Gasteiger partial charge < -0.3 is 0 Å². The van der Waals surface area contributed by atoms with Gasteiger partial charge in [-0.3, -0.25) is 25.4 Å². The van der Waals surface area contributed by atoms with E-state index in [4.69, 9.17) is 0 Å². The molecule has 24 heavy (non-hydrogen) atoms. The zero-order chi connectivity index (χ0) is 17.7. The van der Waals surface area contributed by atoms with Gasteiger partial charge in [0.25, 0.3) is 0 Å². The van der Waals surface area contributed by atoms with Crippen LogP contribution in [-0.4, -0.2) is 16.7 Å². The number of anilines is 1. The molecule has 0 spiro atoms. The normalized spacial score (nSPS) is 11.0. The Morgan fingerprint density at radius 3 is 2.38 bits per heavy atom. The molecule has 1 heterocycles. The van der Waals surface area contributed by atoms with E-state index in [2.05, 4.69) is 15.8 Å². The number of hydrazine groups is 1.